The quantitative estimate of drug-likeness (QED) is 0.633. The Bertz CT molecular complexity index is 167. The van der Waals surface area contributed by atoms with Crippen LogP contribution in [0.4, 0.5) is 0 Å². The zero-order valence-electron chi connectivity index (χ0n) is 9.87. The van der Waals surface area contributed by atoms with Crippen molar-refractivity contribution in [2.45, 2.75) is 20.8 Å². The van der Waals surface area contributed by atoms with Crippen LogP contribution in [-0.4, -0.2) is 49.1 Å². The predicted octanol–water partition coefficient (Wildman–Crippen LogP) is 1.84. The molecule has 1 saturated heterocycles. The first-order valence-corrected chi connectivity index (χ1v) is 5.83. The summed E-state index contributed by atoms with van der Waals surface area (Å²) in [6.45, 7) is 14.0. The van der Waals surface area contributed by atoms with Gasteiger partial charge in [-0.25, -0.2) is 0 Å². The van der Waals surface area contributed by atoms with Gasteiger partial charge in [0, 0.05) is 32.7 Å². The zero-order valence-corrected chi connectivity index (χ0v) is 9.87. The number of allylic oxidation sites excluding steroid dienone is 1. The second-order valence-electron chi connectivity index (χ2n) is 4.41. The molecule has 0 bridgehead atoms. The van der Waals surface area contributed by atoms with Crippen molar-refractivity contribution in [3.63, 3.8) is 0 Å². The van der Waals surface area contributed by atoms with Crippen molar-refractivity contribution in [3.8, 4) is 0 Å². The molecule has 1 rings (SSSR count). The van der Waals surface area contributed by atoms with E-state index in [4.69, 9.17) is 0 Å². The van der Waals surface area contributed by atoms with Crippen LogP contribution in [0.5, 0.6) is 0 Å². The summed E-state index contributed by atoms with van der Waals surface area (Å²) in [5, 5.41) is 0. The summed E-state index contributed by atoms with van der Waals surface area (Å²) in [5.74, 6) is 0.687. The maximum atomic E-state index is 2.53. The van der Waals surface area contributed by atoms with E-state index in [2.05, 4.69) is 42.7 Å². The van der Waals surface area contributed by atoms with Crippen LogP contribution in [0.1, 0.15) is 20.8 Å². The SMILES string of the molecule is CCN1CCN(C/C=C/C(C)C)CC1. The van der Waals surface area contributed by atoms with Gasteiger partial charge in [-0.05, 0) is 12.5 Å². The fraction of sp³-hybridized carbons (Fsp3) is 0.833. The third-order valence-corrected chi connectivity index (χ3v) is 2.80. The largest absolute Gasteiger partial charge is 0.301 e. The van der Waals surface area contributed by atoms with Gasteiger partial charge >= 0.3 is 0 Å². The standard InChI is InChI=1S/C12H24N2/c1-4-13-8-10-14(11-9-13)7-5-6-12(2)3/h5-6,12H,4,7-11H2,1-3H3/b6-5+. The van der Waals surface area contributed by atoms with E-state index in [1.165, 1.54) is 32.7 Å². The topological polar surface area (TPSA) is 6.48 Å². The molecule has 0 radical (unpaired) electrons. The van der Waals surface area contributed by atoms with Gasteiger partial charge in [0.05, 0.1) is 0 Å². The Morgan fingerprint density at radius 3 is 2.14 bits per heavy atom. The van der Waals surface area contributed by atoms with E-state index >= 15 is 0 Å². The van der Waals surface area contributed by atoms with Crippen LogP contribution in [0, 0.1) is 5.92 Å². The first kappa shape index (κ1) is 11.7. The molecule has 1 aliphatic heterocycles. The fourth-order valence-electron chi connectivity index (χ4n) is 1.77. The van der Waals surface area contributed by atoms with Gasteiger partial charge < -0.3 is 4.90 Å². The highest BCUT2D eigenvalue weighted by atomic mass is 15.2. The Kier molecular flexibility index (Phi) is 5.20. The highest BCUT2D eigenvalue weighted by molar-refractivity contribution is 4.88. The third kappa shape index (κ3) is 4.25. The Morgan fingerprint density at radius 2 is 1.64 bits per heavy atom. The number of nitrogens with zero attached hydrogens (tertiary/aromatic N) is 2. The molecule has 0 aromatic rings. The van der Waals surface area contributed by atoms with Crippen LogP contribution in [0.3, 0.4) is 0 Å². The van der Waals surface area contributed by atoms with Crippen LogP contribution < -0.4 is 0 Å². The molecule has 0 saturated carbocycles. The first-order valence-electron chi connectivity index (χ1n) is 5.83. The summed E-state index contributed by atoms with van der Waals surface area (Å²) in [5.41, 5.74) is 0. The molecule has 0 aromatic carbocycles. The van der Waals surface area contributed by atoms with Gasteiger partial charge in [0.15, 0.2) is 0 Å². The summed E-state index contributed by atoms with van der Waals surface area (Å²) in [6, 6.07) is 0. The summed E-state index contributed by atoms with van der Waals surface area (Å²) in [6.07, 6.45) is 4.61. The minimum absolute atomic E-state index is 0.687. The molecule has 0 aliphatic carbocycles. The Hall–Kier alpha value is -0.340. The highest BCUT2D eigenvalue weighted by Gasteiger charge is 2.13. The second-order valence-corrected chi connectivity index (χ2v) is 4.41. The molecule has 0 spiro atoms. The van der Waals surface area contributed by atoms with Gasteiger partial charge in [-0.3, -0.25) is 4.90 Å². The molecule has 14 heavy (non-hydrogen) atoms. The monoisotopic (exact) mass is 196 g/mol. The van der Waals surface area contributed by atoms with Crippen LogP contribution in [0.15, 0.2) is 12.2 Å². The molecule has 0 unspecified atom stereocenters. The van der Waals surface area contributed by atoms with Crippen molar-refractivity contribution in [1.82, 2.24) is 9.80 Å². The first-order chi connectivity index (χ1) is 6.72. The van der Waals surface area contributed by atoms with E-state index in [9.17, 15) is 0 Å². The van der Waals surface area contributed by atoms with E-state index in [1.807, 2.05) is 0 Å². The number of rotatable bonds is 4. The Balaban J connectivity index is 2.16. The minimum atomic E-state index is 0.687. The Labute approximate surface area is 88.6 Å². The van der Waals surface area contributed by atoms with Gasteiger partial charge in [-0.1, -0.05) is 32.9 Å². The number of piperazine rings is 1. The van der Waals surface area contributed by atoms with Gasteiger partial charge in [0.25, 0.3) is 0 Å². The van der Waals surface area contributed by atoms with Crippen LogP contribution in [-0.2, 0) is 0 Å². The lowest BCUT2D eigenvalue weighted by molar-refractivity contribution is 0.148. The molecule has 0 N–H and O–H groups in total. The smallest absolute Gasteiger partial charge is 0.0164 e. The van der Waals surface area contributed by atoms with Gasteiger partial charge in [-0.15, -0.1) is 0 Å². The highest BCUT2D eigenvalue weighted by Crippen LogP contribution is 2.01. The summed E-state index contributed by atoms with van der Waals surface area (Å²) < 4.78 is 0. The van der Waals surface area contributed by atoms with Gasteiger partial charge in [0.2, 0.25) is 0 Å². The molecule has 1 aliphatic rings. The predicted molar refractivity (Wildman–Crippen MR) is 62.5 cm³/mol. The molecular weight excluding hydrogens is 172 g/mol. The average molecular weight is 196 g/mol. The molecule has 0 aromatic heterocycles. The molecule has 0 amide bonds. The van der Waals surface area contributed by atoms with Crippen molar-refractivity contribution in [1.29, 1.82) is 0 Å². The summed E-state index contributed by atoms with van der Waals surface area (Å²) in [4.78, 5) is 5.05. The van der Waals surface area contributed by atoms with Crippen LogP contribution in [0.2, 0.25) is 0 Å². The summed E-state index contributed by atoms with van der Waals surface area (Å²) in [7, 11) is 0. The van der Waals surface area contributed by atoms with Crippen molar-refractivity contribution < 1.29 is 0 Å². The molecule has 2 heteroatoms. The Morgan fingerprint density at radius 1 is 1.07 bits per heavy atom. The second kappa shape index (κ2) is 6.20. The maximum absolute atomic E-state index is 2.53. The van der Waals surface area contributed by atoms with Crippen molar-refractivity contribution >= 4 is 0 Å². The van der Waals surface area contributed by atoms with E-state index in [0.717, 1.165) is 6.54 Å². The third-order valence-electron chi connectivity index (χ3n) is 2.80. The zero-order chi connectivity index (χ0) is 10.4. The lowest BCUT2D eigenvalue weighted by Crippen LogP contribution is -2.45. The van der Waals surface area contributed by atoms with Crippen molar-refractivity contribution in [3.05, 3.63) is 12.2 Å². The lowest BCUT2D eigenvalue weighted by Gasteiger charge is -2.33. The number of likely N-dealkylation sites (N-methyl/N-ethyl adjacent to an activating group) is 1. The van der Waals surface area contributed by atoms with E-state index in [-0.39, 0.29) is 0 Å². The van der Waals surface area contributed by atoms with Crippen molar-refractivity contribution in [2.75, 3.05) is 39.3 Å². The molecule has 2 nitrogen and oxygen atoms in total. The molecule has 0 atom stereocenters. The summed E-state index contributed by atoms with van der Waals surface area (Å²) >= 11 is 0. The average Bonchev–Trinajstić information content (AvgIpc) is 2.18. The molecule has 1 fully saturated rings. The van der Waals surface area contributed by atoms with Crippen LogP contribution in [0.25, 0.3) is 0 Å². The van der Waals surface area contributed by atoms with Gasteiger partial charge in [0.1, 0.15) is 0 Å². The number of hydrogen-bond donors (Lipinski definition) is 0. The van der Waals surface area contributed by atoms with E-state index in [1.54, 1.807) is 0 Å². The van der Waals surface area contributed by atoms with Crippen molar-refractivity contribution in [2.24, 2.45) is 5.92 Å². The fourth-order valence-corrected chi connectivity index (χ4v) is 1.77. The minimum Gasteiger partial charge on any atom is -0.301 e. The maximum Gasteiger partial charge on any atom is 0.0164 e. The lowest BCUT2D eigenvalue weighted by atomic mass is 10.2. The molecule has 1 heterocycles. The number of hydrogen-bond acceptors (Lipinski definition) is 2. The van der Waals surface area contributed by atoms with E-state index in [0.29, 0.717) is 5.92 Å². The molecular formula is C12H24N2. The molecule has 82 valence electrons. The van der Waals surface area contributed by atoms with Crippen LogP contribution >= 0.6 is 0 Å². The van der Waals surface area contributed by atoms with Gasteiger partial charge in [-0.2, -0.15) is 0 Å². The van der Waals surface area contributed by atoms with E-state index < -0.39 is 0 Å². The normalized spacial score (nSPS) is 21.1.